The number of aromatic nitrogens is 3. The van der Waals surface area contributed by atoms with Gasteiger partial charge in [-0.1, -0.05) is 67.6 Å². The maximum Gasteiger partial charge on any atom is 0.117 e. The highest BCUT2D eigenvalue weighted by molar-refractivity contribution is 5.60. The summed E-state index contributed by atoms with van der Waals surface area (Å²) in [4.78, 5) is 1.81. The summed E-state index contributed by atoms with van der Waals surface area (Å²) >= 11 is 0. The Kier molecular flexibility index (Phi) is 5.39. The van der Waals surface area contributed by atoms with E-state index < -0.39 is 0 Å². The maximum absolute atomic E-state index is 4.69. The molecule has 0 spiro atoms. The van der Waals surface area contributed by atoms with E-state index in [9.17, 15) is 0 Å². The van der Waals surface area contributed by atoms with Crippen molar-refractivity contribution >= 4 is 0 Å². The third-order valence-corrected chi connectivity index (χ3v) is 4.07. The smallest absolute Gasteiger partial charge is 0.117 e. The zero-order valence-electron chi connectivity index (χ0n) is 14.3. The molecule has 124 valence electrons. The number of nitrogens with zero attached hydrogens (tertiary/aromatic N) is 3. The molecule has 2 aromatic carbocycles. The summed E-state index contributed by atoms with van der Waals surface area (Å²) in [6, 6.07) is 21.0. The first-order chi connectivity index (χ1) is 11.8. The quantitative estimate of drug-likeness (QED) is 0.709. The van der Waals surface area contributed by atoms with Gasteiger partial charge >= 0.3 is 0 Å². The Morgan fingerprint density at radius 2 is 1.62 bits per heavy atom. The number of hydrogen-bond donors (Lipinski definition) is 1. The van der Waals surface area contributed by atoms with E-state index in [1.807, 2.05) is 29.1 Å². The van der Waals surface area contributed by atoms with Crippen molar-refractivity contribution in [1.29, 1.82) is 0 Å². The van der Waals surface area contributed by atoms with E-state index in [-0.39, 0.29) is 6.04 Å². The van der Waals surface area contributed by atoms with Crippen LogP contribution in [0.5, 0.6) is 0 Å². The molecule has 1 heterocycles. The molecule has 3 rings (SSSR count). The van der Waals surface area contributed by atoms with Gasteiger partial charge in [0.25, 0.3) is 0 Å². The number of benzene rings is 2. The fourth-order valence-corrected chi connectivity index (χ4v) is 2.73. The van der Waals surface area contributed by atoms with Crippen LogP contribution < -0.4 is 5.32 Å². The molecule has 24 heavy (non-hydrogen) atoms. The molecule has 3 aromatic rings. The van der Waals surface area contributed by atoms with Crippen molar-refractivity contribution in [2.45, 2.75) is 39.4 Å². The first-order valence-electron chi connectivity index (χ1n) is 8.55. The SMILES string of the molecule is CCCn1nc(CN[C@H](C)c2ccccc2)c(-c2ccccc2)n1. The van der Waals surface area contributed by atoms with E-state index in [2.05, 4.69) is 65.8 Å². The van der Waals surface area contributed by atoms with E-state index in [0.717, 1.165) is 29.9 Å². The van der Waals surface area contributed by atoms with Gasteiger partial charge in [-0.05, 0) is 18.9 Å². The van der Waals surface area contributed by atoms with Crippen LogP contribution in [0.2, 0.25) is 0 Å². The molecule has 0 radical (unpaired) electrons. The van der Waals surface area contributed by atoms with Crippen LogP contribution >= 0.6 is 0 Å². The fourth-order valence-electron chi connectivity index (χ4n) is 2.73. The van der Waals surface area contributed by atoms with Crippen molar-refractivity contribution in [2.24, 2.45) is 0 Å². The van der Waals surface area contributed by atoms with E-state index in [4.69, 9.17) is 0 Å². The Balaban J connectivity index is 1.79. The molecule has 4 heteroatoms. The lowest BCUT2D eigenvalue weighted by Crippen LogP contribution is -2.19. The highest BCUT2D eigenvalue weighted by Gasteiger charge is 2.14. The summed E-state index contributed by atoms with van der Waals surface area (Å²) in [5, 5.41) is 12.9. The predicted molar refractivity (Wildman–Crippen MR) is 97.4 cm³/mol. The highest BCUT2D eigenvalue weighted by Crippen LogP contribution is 2.21. The van der Waals surface area contributed by atoms with Gasteiger partial charge in [0.1, 0.15) is 11.4 Å². The van der Waals surface area contributed by atoms with Gasteiger partial charge in [-0.2, -0.15) is 15.0 Å². The summed E-state index contributed by atoms with van der Waals surface area (Å²) in [5.41, 5.74) is 4.36. The lowest BCUT2D eigenvalue weighted by Gasteiger charge is -2.13. The Bertz CT molecular complexity index is 750. The lowest BCUT2D eigenvalue weighted by atomic mass is 10.1. The molecule has 0 bridgehead atoms. The zero-order valence-corrected chi connectivity index (χ0v) is 14.3. The summed E-state index contributed by atoms with van der Waals surface area (Å²) < 4.78 is 0. The van der Waals surface area contributed by atoms with E-state index in [1.54, 1.807) is 0 Å². The molecule has 1 atom stereocenters. The van der Waals surface area contributed by atoms with Gasteiger partial charge in [0.2, 0.25) is 0 Å². The Labute approximate surface area is 143 Å². The topological polar surface area (TPSA) is 42.7 Å². The maximum atomic E-state index is 4.69. The van der Waals surface area contributed by atoms with Gasteiger partial charge in [-0.15, -0.1) is 0 Å². The summed E-state index contributed by atoms with van der Waals surface area (Å²) in [6.45, 7) is 5.85. The van der Waals surface area contributed by atoms with Crippen LogP contribution in [0.3, 0.4) is 0 Å². The minimum absolute atomic E-state index is 0.270. The predicted octanol–water partition coefficient (Wildman–Crippen LogP) is 4.21. The molecule has 0 aliphatic heterocycles. The van der Waals surface area contributed by atoms with Crippen molar-refractivity contribution in [3.63, 3.8) is 0 Å². The average Bonchev–Trinajstić information content (AvgIpc) is 3.04. The van der Waals surface area contributed by atoms with Crippen LogP contribution in [-0.4, -0.2) is 15.0 Å². The van der Waals surface area contributed by atoms with E-state index >= 15 is 0 Å². The number of nitrogens with one attached hydrogen (secondary N) is 1. The van der Waals surface area contributed by atoms with Crippen molar-refractivity contribution in [2.75, 3.05) is 0 Å². The van der Waals surface area contributed by atoms with Gasteiger partial charge in [0.05, 0.1) is 6.54 Å². The standard InChI is InChI=1S/C20H24N4/c1-3-14-24-22-19(20(23-24)18-12-8-5-9-13-18)15-21-16(2)17-10-6-4-7-11-17/h4-13,16,21H,3,14-15H2,1-2H3/t16-/m1/s1. The largest absolute Gasteiger partial charge is 0.304 e. The Morgan fingerprint density at radius 1 is 0.958 bits per heavy atom. The molecule has 1 N–H and O–H groups in total. The van der Waals surface area contributed by atoms with Crippen LogP contribution in [0.25, 0.3) is 11.3 Å². The third kappa shape index (κ3) is 3.89. The molecule has 4 nitrogen and oxygen atoms in total. The van der Waals surface area contributed by atoms with E-state index in [0.29, 0.717) is 6.54 Å². The van der Waals surface area contributed by atoms with E-state index in [1.165, 1.54) is 5.56 Å². The molecular weight excluding hydrogens is 296 g/mol. The molecule has 0 aliphatic rings. The molecule has 0 unspecified atom stereocenters. The lowest BCUT2D eigenvalue weighted by molar-refractivity contribution is 0.513. The van der Waals surface area contributed by atoms with Crippen molar-refractivity contribution in [3.8, 4) is 11.3 Å². The Morgan fingerprint density at radius 3 is 2.29 bits per heavy atom. The number of rotatable bonds is 7. The van der Waals surface area contributed by atoms with Crippen molar-refractivity contribution in [3.05, 3.63) is 71.9 Å². The fraction of sp³-hybridized carbons (Fsp3) is 0.300. The second-order valence-corrected chi connectivity index (χ2v) is 5.97. The minimum Gasteiger partial charge on any atom is -0.304 e. The van der Waals surface area contributed by atoms with Gasteiger partial charge in [0.15, 0.2) is 0 Å². The second kappa shape index (κ2) is 7.88. The normalized spacial score (nSPS) is 12.2. The first-order valence-corrected chi connectivity index (χ1v) is 8.55. The molecule has 0 saturated heterocycles. The van der Waals surface area contributed by atoms with Gasteiger partial charge in [-0.25, -0.2) is 0 Å². The molecule has 0 amide bonds. The number of aryl methyl sites for hydroxylation is 1. The summed E-state index contributed by atoms with van der Waals surface area (Å²) in [5.74, 6) is 0. The van der Waals surface area contributed by atoms with Gasteiger partial charge in [-0.3, -0.25) is 0 Å². The highest BCUT2D eigenvalue weighted by atomic mass is 15.5. The van der Waals surface area contributed by atoms with Crippen LogP contribution in [-0.2, 0) is 13.1 Å². The number of hydrogen-bond acceptors (Lipinski definition) is 3. The second-order valence-electron chi connectivity index (χ2n) is 5.97. The average molecular weight is 320 g/mol. The van der Waals surface area contributed by atoms with Gasteiger partial charge in [0, 0.05) is 18.2 Å². The molecule has 0 fully saturated rings. The van der Waals surface area contributed by atoms with Crippen LogP contribution in [0.1, 0.15) is 37.6 Å². The van der Waals surface area contributed by atoms with Crippen LogP contribution in [0.15, 0.2) is 60.7 Å². The first kappa shape index (κ1) is 16.4. The summed E-state index contributed by atoms with van der Waals surface area (Å²) in [7, 11) is 0. The molecule has 0 aliphatic carbocycles. The van der Waals surface area contributed by atoms with Crippen molar-refractivity contribution in [1.82, 2.24) is 20.3 Å². The Hall–Kier alpha value is -2.46. The van der Waals surface area contributed by atoms with Gasteiger partial charge < -0.3 is 5.32 Å². The monoisotopic (exact) mass is 320 g/mol. The zero-order chi connectivity index (χ0) is 16.8. The minimum atomic E-state index is 0.270. The molecule has 1 aromatic heterocycles. The van der Waals surface area contributed by atoms with Crippen molar-refractivity contribution < 1.29 is 0 Å². The summed E-state index contributed by atoms with van der Waals surface area (Å²) in [6.07, 6.45) is 1.02. The van der Waals surface area contributed by atoms with Crippen LogP contribution in [0, 0.1) is 0 Å². The van der Waals surface area contributed by atoms with Crippen LogP contribution in [0.4, 0.5) is 0 Å². The molecular formula is C20H24N4. The molecule has 0 saturated carbocycles. The third-order valence-electron chi connectivity index (χ3n) is 4.07.